The Morgan fingerprint density at radius 3 is 2.79 bits per heavy atom. The lowest BCUT2D eigenvalue weighted by atomic mass is 10.2. The molecule has 7 heteroatoms. The lowest BCUT2D eigenvalue weighted by Gasteiger charge is -2.05. The Kier molecular flexibility index (Phi) is 5.75. The summed E-state index contributed by atoms with van der Waals surface area (Å²) in [4.78, 5) is 4.48. The van der Waals surface area contributed by atoms with Crippen molar-refractivity contribution in [1.29, 1.82) is 0 Å². The van der Waals surface area contributed by atoms with Crippen LogP contribution in [0.4, 0.5) is 0 Å². The number of nitrogens with one attached hydrogen (secondary N) is 1. The average Bonchev–Trinajstić information content (AvgIpc) is 3.13. The third-order valence-corrected chi connectivity index (χ3v) is 3.94. The second-order valence-corrected chi connectivity index (χ2v) is 5.80. The molecule has 1 N–H and O–H groups in total. The van der Waals surface area contributed by atoms with Gasteiger partial charge in [0, 0.05) is 12.5 Å². The van der Waals surface area contributed by atoms with Crippen LogP contribution in [0.2, 0.25) is 0 Å². The lowest BCUT2D eigenvalue weighted by Crippen LogP contribution is -2.24. The molecule has 0 amide bonds. The van der Waals surface area contributed by atoms with Crippen LogP contribution in [0.25, 0.3) is 17.1 Å². The second kappa shape index (κ2) is 7.59. The van der Waals surface area contributed by atoms with Gasteiger partial charge in [0.1, 0.15) is 0 Å². The van der Waals surface area contributed by atoms with Crippen molar-refractivity contribution in [3.8, 4) is 17.1 Å². The fourth-order valence-corrected chi connectivity index (χ4v) is 2.46. The smallest absolute Gasteiger partial charge is 0.261 e. The zero-order valence-corrected chi connectivity index (χ0v) is 15.1. The van der Waals surface area contributed by atoms with Crippen molar-refractivity contribution < 1.29 is 4.52 Å². The van der Waals surface area contributed by atoms with E-state index in [2.05, 4.69) is 46.5 Å². The number of benzene rings is 1. The molecular formula is C17H22ClN5O. The maximum atomic E-state index is 5.41. The molecule has 2 heterocycles. The fourth-order valence-electron chi connectivity index (χ4n) is 2.46. The Morgan fingerprint density at radius 1 is 1.29 bits per heavy atom. The number of aromatic nitrogens is 4. The minimum absolute atomic E-state index is 0. The van der Waals surface area contributed by atoms with Crippen LogP contribution in [0.15, 0.2) is 35.0 Å². The molecule has 0 aliphatic rings. The zero-order chi connectivity index (χ0) is 16.4. The molecule has 0 spiro atoms. The van der Waals surface area contributed by atoms with E-state index in [0.717, 1.165) is 23.4 Å². The van der Waals surface area contributed by atoms with E-state index >= 15 is 0 Å². The van der Waals surface area contributed by atoms with Crippen molar-refractivity contribution in [3.63, 3.8) is 0 Å². The van der Waals surface area contributed by atoms with Gasteiger partial charge >= 0.3 is 0 Å². The highest BCUT2D eigenvalue weighted by Crippen LogP contribution is 2.24. The Labute approximate surface area is 147 Å². The predicted molar refractivity (Wildman–Crippen MR) is 95.8 cm³/mol. The standard InChI is InChI=1S/C17H21N5O.ClH/c1-11-6-5-7-14(8-11)22-13(3)15(10-19-22)17-20-16(21-23-17)9-12(2)18-4;/h5-8,10,12,18H,9H2,1-4H3;1H. The quantitative estimate of drug-likeness (QED) is 0.768. The molecule has 0 aliphatic heterocycles. The van der Waals surface area contributed by atoms with Gasteiger partial charge in [0.2, 0.25) is 0 Å². The van der Waals surface area contributed by atoms with E-state index in [-0.39, 0.29) is 12.4 Å². The van der Waals surface area contributed by atoms with Gasteiger partial charge in [-0.1, -0.05) is 17.3 Å². The van der Waals surface area contributed by atoms with Crippen LogP contribution in [0.1, 0.15) is 24.0 Å². The summed E-state index contributed by atoms with van der Waals surface area (Å²) in [5, 5.41) is 11.7. The molecule has 0 saturated carbocycles. The maximum Gasteiger partial charge on any atom is 0.261 e. The Hall–Kier alpha value is -2.18. The normalized spacial score (nSPS) is 12.0. The Morgan fingerprint density at radius 2 is 2.08 bits per heavy atom. The summed E-state index contributed by atoms with van der Waals surface area (Å²) in [6.45, 7) is 6.15. The van der Waals surface area contributed by atoms with Gasteiger partial charge in [-0.3, -0.25) is 0 Å². The minimum Gasteiger partial charge on any atom is -0.334 e. The molecular weight excluding hydrogens is 326 g/mol. The fraction of sp³-hybridized carbons (Fsp3) is 0.353. The van der Waals surface area contributed by atoms with Gasteiger partial charge in [0.05, 0.1) is 23.1 Å². The topological polar surface area (TPSA) is 68.8 Å². The molecule has 128 valence electrons. The first kappa shape index (κ1) is 18.2. The molecule has 0 radical (unpaired) electrons. The van der Waals surface area contributed by atoms with Crippen molar-refractivity contribution in [2.45, 2.75) is 33.2 Å². The first-order chi connectivity index (χ1) is 11.1. The zero-order valence-electron chi connectivity index (χ0n) is 14.3. The van der Waals surface area contributed by atoms with Crippen molar-refractivity contribution in [2.24, 2.45) is 0 Å². The van der Waals surface area contributed by atoms with E-state index in [1.54, 1.807) is 6.20 Å². The summed E-state index contributed by atoms with van der Waals surface area (Å²) in [5.74, 6) is 1.21. The number of halogens is 1. The van der Waals surface area contributed by atoms with Gasteiger partial charge in [0.15, 0.2) is 5.82 Å². The highest BCUT2D eigenvalue weighted by Gasteiger charge is 2.17. The highest BCUT2D eigenvalue weighted by molar-refractivity contribution is 5.85. The molecule has 0 fully saturated rings. The largest absolute Gasteiger partial charge is 0.334 e. The monoisotopic (exact) mass is 347 g/mol. The molecule has 2 aromatic heterocycles. The minimum atomic E-state index is 0. The molecule has 1 aromatic carbocycles. The van der Waals surface area contributed by atoms with Crippen LogP contribution in [0.5, 0.6) is 0 Å². The van der Waals surface area contributed by atoms with E-state index in [0.29, 0.717) is 17.8 Å². The maximum absolute atomic E-state index is 5.41. The van der Waals surface area contributed by atoms with Crippen molar-refractivity contribution >= 4 is 12.4 Å². The van der Waals surface area contributed by atoms with Crippen LogP contribution in [0.3, 0.4) is 0 Å². The van der Waals surface area contributed by atoms with Gasteiger partial charge in [-0.15, -0.1) is 12.4 Å². The molecule has 6 nitrogen and oxygen atoms in total. The van der Waals surface area contributed by atoms with Crippen LogP contribution < -0.4 is 5.32 Å². The summed E-state index contributed by atoms with van der Waals surface area (Å²) in [6, 6.07) is 8.52. The van der Waals surface area contributed by atoms with E-state index in [1.807, 2.05) is 30.8 Å². The Balaban J connectivity index is 0.00000208. The van der Waals surface area contributed by atoms with Crippen molar-refractivity contribution in [3.05, 3.63) is 47.5 Å². The molecule has 0 bridgehead atoms. The first-order valence-electron chi connectivity index (χ1n) is 7.70. The molecule has 1 atom stereocenters. The molecule has 24 heavy (non-hydrogen) atoms. The molecule has 3 rings (SSSR count). The number of hydrogen-bond acceptors (Lipinski definition) is 5. The van der Waals surface area contributed by atoms with Gasteiger partial charge < -0.3 is 9.84 Å². The molecule has 0 aliphatic carbocycles. The summed E-state index contributed by atoms with van der Waals surface area (Å²) in [5.41, 5.74) is 4.06. The average molecular weight is 348 g/mol. The van der Waals surface area contributed by atoms with E-state index in [9.17, 15) is 0 Å². The molecule has 1 unspecified atom stereocenters. The molecule has 0 saturated heterocycles. The summed E-state index contributed by atoms with van der Waals surface area (Å²) < 4.78 is 7.30. The van der Waals surface area contributed by atoms with Crippen LogP contribution >= 0.6 is 12.4 Å². The van der Waals surface area contributed by atoms with Crippen LogP contribution in [0, 0.1) is 13.8 Å². The van der Waals surface area contributed by atoms with Crippen molar-refractivity contribution in [1.82, 2.24) is 25.2 Å². The van der Waals surface area contributed by atoms with E-state index in [4.69, 9.17) is 4.52 Å². The van der Waals surface area contributed by atoms with E-state index in [1.165, 1.54) is 5.56 Å². The number of rotatable bonds is 5. The summed E-state index contributed by atoms with van der Waals surface area (Å²) in [7, 11) is 1.92. The summed E-state index contributed by atoms with van der Waals surface area (Å²) in [6.07, 6.45) is 2.50. The lowest BCUT2D eigenvalue weighted by molar-refractivity contribution is 0.418. The van der Waals surface area contributed by atoms with Gasteiger partial charge in [-0.2, -0.15) is 10.1 Å². The SMILES string of the molecule is CNC(C)Cc1noc(-c2cnn(-c3cccc(C)c3)c2C)n1.Cl. The number of hydrogen-bond donors (Lipinski definition) is 1. The van der Waals surface area contributed by atoms with E-state index < -0.39 is 0 Å². The third kappa shape index (κ3) is 3.66. The third-order valence-electron chi connectivity index (χ3n) is 3.94. The van der Waals surface area contributed by atoms with Crippen LogP contribution in [-0.4, -0.2) is 33.0 Å². The Bertz CT molecular complexity index is 811. The highest BCUT2D eigenvalue weighted by atomic mass is 35.5. The van der Waals surface area contributed by atoms with Gasteiger partial charge in [-0.05, 0) is 45.5 Å². The number of aryl methyl sites for hydroxylation is 1. The summed E-state index contributed by atoms with van der Waals surface area (Å²) >= 11 is 0. The van der Waals surface area contributed by atoms with Crippen LogP contribution in [-0.2, 0) is 6.42 Å². The first-order valence-corrected chi connectivity index (χ1v) is 7.70. The number of nitrogens with zero attached hydrogens (tertiary/aromatic N) is 4. The predicted octanol–water partition coefficient (Wildman–Crippen LogP) is 3.11. The van der Waals surface area contributed by atoms with Gasteiger partial charge in [-0.25, -0.2) is 4.68 Å². The number of likely N-dealkylation sites (N-methyl/N-ethyl adjacent to an activating group) is 1. The van der Waals surface area contributed by atoms with Crippen molar-refractivity contribution in [2.75, 3.05) is 7.05 Å². The van der Waals surface area contributed by atoms with Gasteiger partial charge in [0.25, 0.3) is 5.89 Å². The molecule has 3 aromatic rings. The second-order valence-electron chi connectivity index (χ2n) is 5.80.